The van der Waals surface area contributed by atoms with Crippen LogP contribution >= 0.6 is 0 Å². The predicted molar refractivity (Wildman–Crippen MR) is 137 cm³/mol. The first-order chi connectivity index (χ1) is 14.1. The van der Waals surface area contributed by atoms with Gasteiger partial charge in [-0.05, 0) is 63.1 Å². The topological polar surface area (TPSA) is 12.0 Å². The summed E-state index contributed by atoms with van der Waals surface area (Å²) in [6, 6.07) is 17.2. The lowest BCUT2D eigenvalue weighted by atomic mass is 10.00. The third kappa shape index (κ3) is 16.4. The van der Waals surface area contributed by atoms with Gasteiger partial charge in [-0.15, -0.1) is 0 Å². The van der Waals surface area contributed by atoms with Crippen LogP contribution in [0.4, 0.5) is 0 Å². The molecule has 2 aromatic carbocycles. The molecule has 0 bridgehead atoms. The van der Waals surface area contributed by atoms with Crippen molar-refractivity contribution in [3.63, 3.8) is 0 Å². The molecule has 0 fully saturated rings. The number of hydrogen-bond acceptors (Lipinski definition) is 1. The Morgan fingerprint density at radius 3 is 1.69 bits per heavy atom. The van der Waals surface area contributed by atoms with Crippen molar-refractivity contribution in [1.82, 2.24) is 5.32 Å². The van der Waals surface area contributed by atoms with Gasteiger partial charge in [0.15, 0.2) is 0 Å². The molecule has 1 N–H and O–H groups in total. The van der Waals surface area contributed by atoms with Crippen LogP contribution in [-0.4, -0.2) is 0 Å². The largest absolute Gasteiger partial charge is 0.387 e. The maximum absolute atomic E-state index is 3.34. The number of nitrogens with one attached hydrogen (secondary N) is 1. The van der Waals surface area contributed by atoms with Crippen LogP contribution in [0.15, 0.2) is 72.5 Å². The zero-order valence-electron chi connectivity index (χ0n) is 21.1. The fraction of sp³-hybridized carbons (Fsp3) is 0.429. The fourth-order valence-electron chi connectivity index (χ4n) is 2.07. The molecular formula is C28H47N. The Balaban J connectivity index is -0.000000580. The molecule has 1 heteroatoms. The first-order valence-electron chi connectivity index (χ1n) is 11.2. The SMILES string of the molecule is C/C=C\C.CC.CC.CC.CC(C)=CNCc1ccc(-c2ccccc2)cc1C. The van der Waals surface area contributed by atoms with Crippen LogP contribution in [0.2, 0.25) is 0 Å². The number of aryl methyl sites for hydroxylation is 1. The van der Waals surface area contributed by atoms with Crippen LogP contribution < -0.4 is 5.32 Å². The van der Waals surface area contributed by atoms with Crippen LogP contribution in [0.3, 0.4) is 0 Å². The van der Waals surface area contributed by atoms with E-state index in [9.17, 15) is 0 Å². The van der Waals surface area contributed by atoms with Crippen molar-refractivity contribution in [1.29, 1.82) is 0 Å². The molecule has 0 aliphatic carbocycles. The molecule has 0 aliphatic heterocycles. The van der Waals surface area contributed by atoms with Gasteiger partial charge in [-0.25, -0.2) is 0 Å². The van der Waals surface area contributed by atoms with E-state index in [0.717, 1.165) is 6.54 Å². The van der Waals surface area contributed by atoms with Gasteiger partial charge < -0.3 is 5.32 Å². The first kappa shape index (κ1) is 31.4. The Morgan fingerprint density at radius 1 is 0.759 bits per heavy atom. The molecule has 2 rings (SSSR count). The molecule has 0 aliphatic rings. The maximum Gasteiger partial charge on any atom is 0.0397 e. The van der Waals surface area contributed by atoms with Crippen molar-refractivity contribution < 1.29 is 0 Å². The zero-order valence-corrected chi connectivity index (χ0v) is 21.1. The second-order valence-electron chi connectivity index (χ2n) is 5.78. The predicted octanol–water partition coefficient (Wildman–Crippen LogP) is 9.34. The first-order valence-corrected chi connectivity index (χ1v) is 11.2. The van der Waals surface area contributed by atoms with Crippen LogP contribution in [-0.2, 0) is 6.54 Å². The van der Waals surface area contributed by atoms with Gasteiger partial charge in [-0.3, -0.25) is 0 Å². The number of rotatable bonds is 4. The number of hydrogen-bond donors (Lipinski definition) is 1. The van der Waals surface area contributed by atoms with Crippen molar-refractivity contribution in [3.8, 4) is 11.1 Å². The molecule has 0 radical (unpaired) electrons. The van der Waals surface area contributed by atoms with Crippen LogP contribution in [0.1, 0.15) is 80.4 Å². The van der Waals surface area contributed by atoms with Gasteiger partial charge in [0.2, 0.25) is 0 Å². The van der Waals surface area contributed by atoms with E-state index in [4.69, 9.17) is 0 Å². The highest BCUT2D eigenvalue weighted by atomic mass is 14.8. The highest BCUT2D eigenvalue weighted by Gasteiger charge is 2.01. The highest BCUT2D eigenvalue weighted by molar-refractivity contribution is 5.64. The summed E-state index contributed by atoms with van der Waals surface area (Å²) in [5.41, 5.74) is 6.52. The van der Waals surface area contributed by atoms with E-state index in [1.165, 1.54) is 27.8 Å². The molecule has 0 atom stereocenters. The van der Waals surface area contributed by atoms with Crippen molar-refractivity contribution in [2.75, 3.05) is 0 Å². The molecule has 0 saturated heterocycles. The minimum Gasteiger partial charge on any atom is -0.387 e. The normalized spacial score (nSPS) is 8.52. The Labute approximate surface area is 183 Å². The average Bonchev–Trinajstić information content (AvgIpc) is 2.79. The summed E-state index contributed by atoms with van der Waals surface area (Å²) in [4.78, 5) is 0. The Hall–Kier alpha value is -2.28. The van der Waals surface area contributed by atoms with E-state index in [1.54, 1.807) is 0 Å². The summed E-state index contributed by atoms with van der Waals surface area (Å²) >= 11 is 0. The third-order valence-electron chi connectivity index (χ3n) is 3.47. The van der Waals surface area contributed by atoms with Gasteiger partial charge in [0.05, 0.1) is 0 Å². The van der Waals surface area contributed by atoms with E-state index in [2.05, 4.69) is 74.8 Å². The number of benzene rings is 2. The van der Waals surface area contributed by atoms with Crippen LogP contribution in [0, 0.1) is 6.92 Å². The fourth-order valence-corrected chi connectivity index (χ4v) is 2.07. The molecule has 0 heterocycles. The molecule has 0 spiro atoms. The van der Waals surface area contributed by atoms with Gasteiger partial charge in [-0.1, -0.05) is 108 Å². The van der Waals surface area contributed by atoms with Gasteiger partial charge >= 0.3 is 0 Å². The lowest BCUT2D eigenvalue weighted by molar-refractivity contribution is 0.853. The van der Waals surface area contributed by atoms with Crippen molar-refractivity contribution in [2.24, 2.45) is 0 Å². The molecule has 0 amide bonds. The maximum atomic E-state index is 3.34. The van der Waals surface area contributed by atoms with Gasteiger partial charge in [0.1, 0.15) is 0 Å². The van der Waals surface area contributed by atoms with Gasteiger partial charge in [0.25, 0.3) is 0 Å². The second kappa shape index (κ2) is 23.8. The zero-order chi connectivity index (χ0) is 23.1. The minimum absolute atomic E-state index is 0.881. The highest BCUT2D eigenvalue weighted by Crippen LogP contribution is 2.22. The summed E-state index contributed by atoms with van der Waals surface area (Å²) in [5, 5.41) is 3.34. The van der Waals surface area contributed by atoms with Crippen LogP contribution in [0.5, 0.6) is 0 Å². The molecular weight excluding hydrogens is 350 g/mol. The monoisotopic (exact) mass is 397 g/mol. The van der Waals surface area contributed by atoms with Crippen LogP contribution in [0.25, 0.3) is 11.1 Å². The Kier molecular flexibility index (Phi) is 25.7. The Morgan fingerprint density at radius 2 is 1.28 bits per heavy atom. The number of allylic oxidation sites excluding steroid dienone is 3. The standard InChI is InChI=1S/C18H21N.C4H8.3C2H6/c1-14(2)12-19-13-18-10-9-17(11-15(18)3)16-7-5-4-6-8-16;1-3-4-2;3*1-2/h4-12,19H,13H2,1-3H3;3-4H,1-2H3;3*1-2H3/b;4-3-;;;. The van der Waals surface area contributed by atoms with E-state index < -0.39 is 0 Å². The molecule has 0 unspecified atom stereocenters. The molecule has 2 aromatic rings. The van der Waals surface area contributed by atoms with Crippen molar-refractivity contribution in [2.45, 2.75) is 82.7 Å². The summed E-state index contributed by atoms with van der Waals surface area (Å²) < 4.78 is 0. The lowest BCUT2D eigenvalue weighted by Gasteiger charge is -2.09. The summed E-state index contributed by atoms with van der Waals surface area (Å²) in [5.74, 6) is 0. The quantitative estimate of drug-likeness (QED) is 0.507. The minimum atomic E-state index is 0.881. The molecule has 164 valence electrons. The van der Waals surface area contributed by atoms with E-state index in [1.807, 2.05) is 73.6 Å². The molecule has 0 aromatic heterocycles. The van der Waals surface area contributed by atoms with E-state index >= 15 is 0 Å². The Bertz CT molecular complexity index is 629. The van der Waals surface area contributed by atoms with E-state index in [0.29, 0.717) is 0 Å². The smallest absolute Gasteiger partial charge is 0.0397 e. The van der Waals surface area contributed by atoms with Gasteiger partial charge in [-0.2, -0.15) is 0 Å². The summed E-state index contributed by atoms with van der Waals surface area (Å²) in [7, 11) is 0. The summed E-state index contributed by atoms with van der Waals surface area (Å²) in [6.07, 6.45) is 6.06. The molecule has 1 nitrogen and oxygen atoms in total. The van der Waals surface area contributed by atoms with E-state index in [-0.39, 0.29) is 0 Å². The van der Waals surface area contributed by atoms with Crippen molar-refractivity contribution >= 4 is 0 Å². The van der Waals surface area contributed by atoms with Crippen molar-refractivity contribution in [3.05, 3.63) is 83.6 Å². The molecule has 0 saturated carbocycles. The molecule has 29 heavy (non-hydrogen) atoms. The third-order valence-corrected chi connectivity index (χ3v) is 3.47. The lowest BCUT2D eigenvalue weighted by Crippen LogP contribution is -2.06. The summed E-state index contributed by atoms with van der Waals surface area (Å²) in [6.45, 7) is 23.2. The van der Waals surface area contributed by atoms with Gasteiger partial charge in [0, 0.05) is 6.54 Å². The average molecular weight is 398 g/mol. The second-order valence-corrected chi connectivity index (χ2v) is 5.78.